The number of methoxy groups -OCH3 is 2. The van der Waals surface area contributed by atoms with Crippen LogP contribution in [0.1, 0.15) is 12.8 Å². The fraction of sp³-hybridized carbons (Fsp3) is 0.529. The summed E-state index contributed by atoms with van der Waals surface area (Å²) in [4.78, 5) is 21.6. The van der Waals surface area contributed by atoms with Gasteiger partial charge < -0.3 is 24.6 Å². The maximum Gasteiger partial charge on any atom is 0.321 e. The Bertz CT molecular complexity index is 719. The Morgan fingerprint density at radius 1 is 1.19 bits per heavy atom. The van der Waals surface area contributed by atoms with E-state index in [2.05, 4.69) is 30.2 Å². The third kappa shape index (κ3) is 4.22. The molecule has 0 saturated carbocycles. The smallest absolute Gasteiger partial charge is 0.321 e. The molecule has 1 unspecified atom stereocenters. The molecule has 2 aromatic heterocycles. The largest absolute Gasteiger partial charge is 0.481 e. The summed E-state index contributed by atoms with van der Waals surface area (Å²) in [5.74, 6) is 2.80. The Balaban J connectivity index is 1.72. The van der Waals surface area contributed by atoms with Gasteiger partial charge in [-0.1, -0.05) is 0 Å². The summed E-state index contributed by atoms with van der Waals surface area (Å²) >= 11 is 0. The zero-order chi connectivity index (χ0) is 18.5. The molecule has 140 valence electrons. The number of ether oxygens (including phenoxy) is 2. The van der Waals surface area contributed by atoms with Gasteiger partial charge in [-0.2, -0.15) is 15.0 Å². The quantitative estimate of drug-likeness (QED) is 0.822. The Morgan fingerprint density at radius 3 is 2.77 bits per heavy atom. The van der Waals surface area contributed by atoms with E-state index in [4.69, 9.17) is 9.47 Å². The van der Waals surface area contributed by atoms with Crippen LogP contribution in [0.2, 0.25) is 0 Å². The van der Waals surface area contributed by atoms with E-state index >= 15 is 0 Å². The molecule has 1 saturated heterocycles. The summed E-state index contributed by atoms with van der Waals surface area (Å²) in [6.07, 6.45) is 3.86. The van der Waals surface area contributed by atoms with Gasteiger partial charge in [-0.15, -0.1) is 0 Å². The van der Waals surface area contributed by atoms with E-state index in [0.29, 0.717) is 17.8 Å². The van der Waals surface area contributed by atoms with Gasteiger partial charge in [0.25, 0.3) is 0 Å². The molecule has 0 aliphatic carbocycles. The molecule has 26 heavy (non-hydrogen) atoms. The standard InChI is InChI=1S/C17H25N7O2/c1-23(2)13-7-8-18-16(20-13)19-12-6-5-9-24(11-12)14-10-15(25-3)22-17(21-14)26-4/h7-8,10,12H,5-6,9,11H2,1-4H3,(H,18,19,20). The van der Waals surface area contributed by atoms with Gasteiger partial charge >= 0.3 is 6.01 Å². The Labute approximate surface area is 153 Å². The number of hydrogen-bond donors (Lipinski definition) is 1. The van der Waals surface area contributed by atoms with E-state index in [0.717, 1.165) is 37.6 Å². The maximum absolute atomic E-state index is 5.25. The summed E-state index contributed by atoms with van der Waals surface area (Å²) in [6.45, 7) is 1.71. The molecule has 0 aromatic carbocycles. The minimum atomic E-state index is 0.230. The van der Waals surface area contributed by atoms with Gasteiger partial charge in [0, 0.05) is 45.5 Å². The summed E-state index contributed by atoms with van der Waals surface area (Å²) in [6, 6.07) is 4.25. The van der Waals surface area contributed by atoms with E-state index in [-0.39, 0.29) is 6.04 Å². The summed E-state index contributed by atoms with van der Waals surface area (Å²) in [5, 5.41) is 3.44. The summed E-state index contributed by atoms with van der Waals surface area (Å²) in [7, 11) is 7.06. The predicted molar refractivity (Wildman–Crippen MR) is 100 cm³/mol. The van der Waals surface area contributed by atoms with Crippen molar-refractivity contribution in [2.75, 3.05) is 56.5 Å². The molecule has 1 fully saturated rings. The average molecular weight is 359 g/mol. The molecule has 9 nitrogen and oxygen atoms in total. The highest BCUT2D eigenvalue weighted by Gasteiger charge is 2.23. The highest BCUT2D eigenvalue weighted by molar-refractivity contribution is 5.45. The van der Waals surface area contributed by atoms with E-state index < -0.39 is 0 Å². The van der Waals surface area contributed by atoms with Crippen LogP contribution in [0.4, 0.5) is 17.6 Å². The van der Waals surface area contributed by atoms with Crippen LogP contribution >= 0.6 is 0 Å². The number of anilines is 3. The molecular formula is C17H25N7O2. The van der Waals surface area contributed by atoms with Crippen LogP contribution in [0.5, 0.6) is 11.9 Å². The zero-order valence-electron chi connectivity index (χ0n) is 15.6. The molecule has 1 aliphatic heterocycles. The number of nitrogens with one attached hydrogen (secondary N) is 1. The van der Waals surface area contributed by atoms with Crippen molar-refractivity contribution < 1.29 is 9.47 Å². The van der Waals surface area contributed by atoms with Crippen molar-refractivity contribution >= 4 is 17.6 Å². The van der Waals surface area contributed by atoms with Crippen LogP contribution < -0.4 is 24.6 Å². The van der Waals surface area contributed by atoms with Crippen molar-refractivity contribution in [1.29, 1.82) is 0 Å². The predicted octanol–water partition coefficient (Wildman–Crippen LogP) is 1.43. The van der Waals surface area contributed by atoms with Crippen LogP contribution in [0.25, 0.3) is 0 Å². The summed E-state index contributed by atoms with van der Waals surface area (Å²) in [5.41, 5.74) is 0. The molecule has 2 aromatic rings. The molecule has 0 bridgehead atoms. The van der Waals surface area contributed by atoms with Gasteiger partial charge in [0.05, 0.1) is 14.2 Å². The van der Waals surface area contributed by atoms with Crippen LogP contribution in [0, 0.1) is 0 Å². The van der Waals surface area contributed by atoms with Crippen LogP contribution in [-0.2, 0) is 0 Å². The first kappa shape index (κ1) is 18.0. The summed E-state index contributed by atoms with van der Waals surface area (Å²) < 4.78 is 10.4. The molecule has 0 spiro atoms. The van der Waals surface area contributed by atoms with Gasteiger partial charge in [-0.25, -0.2) is 4.98 Å². The van der Waals surface area contributed by atoms with Crippen molar-refractivity contribution in [1.82, 2.24) is 19.9 Å². The molecular weight excluding hydrogens is 334 g/mol. The van der Waals surface area contributed by atoms with Crippen molar-refractivity contribution in [2.24, 2.45) is 0 Å². The van der Waals surface area contributed by atoms with Gasteiger partial charge in [0.2, 0.25) is 11.8 Å². The van der Waals surface area contributed by atoms with Crippen LogP contribution in [0.15, 0.2) is 18.3 Å². The topological polar surface area (TPSA) is 88.5 Å². The Kier molecular flexibility index (Phi) is 5.55. The molecule has 3 heterocycles. The minimum Gasteiger partial charge on any atom is -0.481 e. The van der Waals surface area contributed by atoms with Crippen LogP contribution in [-0.4, -0.2) is 67.4 Å². The molecule has 1 atom stereocenters. The number of rotatable bonds is 6. The molecule has 0 radical (unpaired) electrons. The average Bonchev–Trinajstić information content (AvgIpc) is 2.68. The molecule has 1 N–H and O–H groups in total. The number of nitrogens with zero attached hydrogens (tertiary/aromatic N) is 6. The lowest BCUT2D eigenvalue weighted by atomic mass is 10.1. The lowest BCUT2D eigenvalue weighted by Gasteiger charge is -2.34. The molecule has 1 aliphatic rings. The normalized spacial score (nSPS) is 16.9. The third-order valence-corrected chi connectivity index (χ3v) is 4.24. The first-order valence-corrected chi connectivity index (χ1v) is 8.58. The second-order valence-corrected chi connectivity index (χ2v) is 6.32. The lowest BCUT2D eigenvalue weighted by Crippen LogP contribution is -2.43. The highest BCUT2D eigenvalue weighted by Crippen LogP contribution is 2.24. The van der Waals surface area contributed by atoms with Crippen molar-refractivity contribution in [3.63, 3.8) is 0 Å². The fourth-order valence-corrected chi connectivity index (χ4v) is 2.90. The van der Waals surface area contributed by atoms with Gasteiger partial charge in [0.1, 0.15) is 11.6 Å². The van der Waals surface area contributed by atoms with Gasteiger partial charge in [-0.3, -0.25) is 0 Å². The highest BCUT2D eigenvalue weighted by atomic mass is 16.5. The van der Waals surface area contributed by atoms with Crippen molar-refractivity contribution in [2.45, 2.75) is 18.9 Å². The number of piperidine rings is 1. The number of aromatic nitrogens is 4. The first-order valence-electron chi connectivity index (χ1n) is 8.58. The third-order valence-electron chi connectivity index (χ3n) is 4.24. The van der Waals surface area contributed by atoms with E-state index in [1.165, 1.54) is 0 Å². The second kappa shape index (κ2) is 8.03. The van der Waals surface area contributed by atoms with Crippen molar-refractivity contribution in [3.05, 3.63) is 18.3 Å². The molecule has 0 amide bonds. The Hall–Kier alpha value is -2.84. The van der Waals surface area contributed by atoms with Crippen molar-refractivity contribution in [3.8, 4) is 11.9 Å². The van der Waals surface area contributed by atoms with E-state index in [1.54, 1.807) is 20.4 Å². The molecule has 9 heteroatoms. The van der Waals surface area contributed by atoms with E-state index in [9.17, 15) is 0 Å². The number of hydrogen-bond acceptors (Lipinski definition) is 9. The zero-order valence-corrected chi connectivity index (χ0v) is 15.6. The van der Waals surface area contributed by atoms with Crippen LogP contribution in [0.3, 0.4) is 0 Å². The Morgan fingerprint density at radius 2 is 2.04 bits per heavy atom. The second-order valence-electron chi connectivity index (χ2n) is 6.32. The maximum atomic E-state index is 5.25. The lowest BCUT2D eigenvalue weighted by molar-refractivity contribution is 0.351. The fourth-order valence-electron chi connectivity index (χ4n) is 2.90. The van der Waals surface area contributed by atoms with E-state index in [1.807, 2.05) is 31.1 Å². The first-order chi connectivity index (χ1) is 12.6. The van der Waals surface area contributed by atoms with Gasteiger partial charge in [0.15, 0.2) is 0 Å². The van der Waals surface area contributed by atoms with Gasteiger partial charge in [-0.05, 0) is 18.9 Å². The molecule has 3 rings (SSSR count). The SMILES string of the molecule is COc1cc(N2CCCC(Nc3nccc(N(C)C)n3)C2)nc(OC)n1. The minimum absolute atomic E-state index is 0.230. The monoisotopic (exact) mass is 359 g/mol.